The van der Waals surface area contributed by atoms with Crippen LogP contribution in [0.25, 0.3) is 22.4 Å². The molecule has 34 heavy (non-hydrogen) atoms. The van der Waals surface area contributed by atoms with Gasteiger partial charge in [-0.1, -0.05) is 56.8 Å². The highest BCUT2D eigenvalue weighted by Crippen LogP contribution is 2.31. The van der Waals surface area contributed by atoms with Crippen molar-refractivity contribution in [3.63, 3.8) is 0 Å². The van der Waals surface area contributed by atoms with Gasteiger partial charge in [0.1, 0.15) is 11.5 Å². The van der Waals surface area contributed by atoms with E-state index >= 15 is 0 Å². The summed E-state index contributed by atoms with van der Waals surface area (Å²) in [5.41, 5.74) is 5.68. The predicted molar refractivity (Wildman–Crippen MR) is 146 cm³/mol. The van der Waals surface area contributed by atoms with Gasteiger partial charge in [0.05, 0.1) is 5.56 Å². The Balaban J connectivity index is 0.00000199. The minimum absolute atomic E-state index is 0.193. The van der Waals surface area contributed by atoms with Crippen LogP contribution in [0.4, 0.5) is 5.82 Å². The number of benzene rings is 1. The van der Waals surface area contributed by atoms with Crippen LogP contribution >= 0.6 is 0 Å². The zero-order chi connectivity index (χ0) is 25.1. The van der Waals surface area contributed by atoms with Crippen LogP contribution in [-0.4, -0.2) is 62.0 Å². The lowest BCUT2D eigenvalue weighted by atomic mass is 10.0. The summed E-state index contributed by atoms with van der Waals surface area (Å²) < 4.78 is 0. The van der Waals surface area contributed by atoms with Gasteiger partial charge >= 0.3 is 0 Å². The zero-order valence-corrected chi connectivity index (χ0v) is 21.5. The van der Waals surface area contributed by atoms with Crippen LogP contribution in [0, 0.1) is 18.1 Å². The number of hydrogen-bond acceptors (Lipinski definition) is 5. The number of aromatic nitrogens is 1. The van der Waals surface area contributed by atoms with E-state index in [9.17, 15) is 5.11 Å². The van der Waals surface area contributed by atoms with Gasteiger partial charge in [-0.15, -0.1) is 0 Å². The number of aliphatic hydroxyl groups excluding tert-OH is 1. The van der Waals surface area contributed by atoms with E-state index in [1.165, 1.54) is 0 Å². The first-order chi connectivity index (χ1) is 16.5. The molecule has 0 spiro atoms. The highest BCUT2D eigenvalue weighted by atomic mass is 16.3. The first kappa shape index (κ1) is 26.9. The Hall–Kier alpha value is -3.36. The fraction of sp³-hybridized carbons (Fsp3) is 0.379. The fourth-order valence-corrected chi connectivity index (χ4v) is 3.90. The number of aliphatic imine (C=N–C) groups is 1. The first-order valence-corrected chi connectivity index (χ1v) is 11.9. The lowest BCUT2D eigenvalue weighted by Gasteiger charge is -2.20. The molecule has 1 unspecified atom stereocenters. The number of rotatable bonds is 8. The molecule has 2 heterocycles. The Morgan fingerprint density at radius 1 is 1.29 bits per heavy atom. The van der Waals surface area contributed by atoms with E-state index < -0.39 is 0 Å². The molecule has 1 aliphatic rings. The predicted octanol–water partition coefficient (Wildman–Crippen LogP) is 5.39. The van der Waals surface area contributed by atoms with Crippen LogP contribution < -0.4 is 4.90 Å². The average molecular weight is 459 g/mol. The van der Waals surface area contributed by atoms with Gasteiger partial charge in [-0.2, -0.15) is 0 Å². The van der Waals surface area contributed by atoms with Gasteiger partial charge in [-0.3, -0.25) is 4.99 Å². The van der Waals surface area contributed by atoms with Crippen molar-refractivity contribution in [2.75, 3.05) is 45.7 Å². The van der Waals surface area contributed by atoms with Crippen LogP contribution in [0.2, 0.25) is 0 Å². The first-order valence-electron chi connectivity index (χ1n) is 11.9. The minimum atomic E-state index is 0.193. The molecule has 1 atom stereocenters. The summed E-state index contributed by atoms with van der Waals surface area (Å²) in [6, 6.07) is 14.9. The van der Waals surface area contributed by atoms with Crippen molar-refractivity contribution in [3.05, 3.63) is 72.5 Å². The Morgan fingerprint density at radius 2 is 2.06 bits per heavy atom. The summed E-state index contributed by atoms with van der Waals surface area (Å²) in [6.45, 7) is 11.8. The molecule has 1 aromatic heterocycles. The van der Waals surface area contributed by atoms with Crippen LogP contribution in [-0.2, 0) is 0 Å². The van der Waals surface area contributed by atoms with Gasteiger partial charge < -0.3 is 14.9 Å². The van der Waals surface area contributed by atoms with Crippen molar-refractivity contribution in [1.82, 2.24) is 9.88 Å². The molecule has 0 radical (unpaired) electrons. The fourth-order valence-electron chi connectivity index (χ4n) is 3.90. The quantitative estimate of drug-likeness (QED) is 0.426. The Morgan fingerprint density at radius 3 is 2.65 bits per heavy atom. The summed E-state index contributed by atoms with van der Waals surface area (Å²) in [5.74, 6) is 1.13. The van der Waals surface area contributed by atoms with Crippen LogP contribution in [0.15, 0.2) is 54.2 Å². The van der Waals surface area contributed by atoms with Crippen molar-refractivity contribution in [1.29, 1.82) is 0 Å². The van der Waals surface area contributed by atoms with Gasteiger partial charge in [0.2, 0.25) is 0 Å². The molecular weight excluding hydrogens is 420 g/mol. The van der Waals surface area contributed by atoms with Gasteiger partial charge in [0.25, 0.3) is 0 Å². The maximum atomic E-state index is 9.63. The molecule has 0 aliphatic carbocycles. The monoisotopic (exact) mass is 458 g/mol. The van der Waals surface area contributed by atoms with Crippen LogP contribution in [0.1, 0.15) is 38.3 Å². The van der Waals surface area contributed by atoms with E-state index in [1.54, 1.807) is 7.05 Å². The highest BCUT2D eigenvalue weighted by molar-refractivity contribution is 6.11. The number of anilines is 1. The summed E-state index contributed by atoms with van der Waals surface area (Å²) in [4.78, 5) is 13.5. The minimum Gasteiger partial charge on any atom is -0.396 e. The molecule has 1 aliphatic heterocycles. The van der Waals surface area contributed by atoms with E-state index in [0.29, 0.717) is 0 Å². The molecule has 0 saturated carbocycles. The second kappa shape index (κ2) is 13.4. The van der Waals surface area contributed by atoms with Crippen LogP contribution in [0.5, 0.6) is 0 Å². The van der Waals surface area contributed by atoms with E-state index in [1.807, 2.05) is 76.5 Å². The molecule has 1 saturated heterocycles. The molecule has 5 heteroatoms. The van der Waals surface area contributed by atoms with Crippen molar-refractivity contribution in [3.8, 4) is 11.3 Å². The number of hydrogen-bond donors (Lipinski definition) is 1. The standard InChI is InChI=1S/C27H32N4O.C2H6/c1-6-21(16-28-3)25-11-12-26(29-27(25)31-14-13-20(17-31)19-32)24-10-8-9-23(15-24)22(7-2)18-30(4)5;1-2/h6-10,15-16,18,20,32H,2,13-14,17,19H2,1,3-5H3;1-2H3/b21-6+,22-18+,28-16?;. The second-order valence-electron chi connectivity index (χ2n) is 8.16. The normalized spacial score (nSPS) is 16.2. The maximum Gasteiger partial charge on any atom is 0.146 e. The second-order valence-corrected chi connectivity index (χ2v) is 8.16. The smallest absolute Gasteiger partial charge is 0.146 e. The molecule has 1 aromatic carbocycles. The van der Waals surface area contributed by atoms with E-state index in [2.05, 4.69) is 40.7 Å². The number of aliphatic hydroxyl groups is 1. The van der Waals surface area contributed by atoms with Crippen molar-refractivity contribution >= 4 is 23.2 Å². The highest BCUT2D eigenvalue weighted by Gasteiger charge is 2.25. The van der Waals surface area contributed by atoms with E-state index in [-0.39, 0.29) is 12.5 Å². The molecule has 1 fully saturated rings. The largest absolute Gasteiger partial charge is 0.396 e. The zero-order valence-electron chi connectivity index (χ0n) is 21.5. The van der Waals surface area contributed by atoms with Gasteiger partial charge in [0.15, 0.2) is 0 Å². The van der Waals surface area contributed by atoms with Gasteiger partial charge in [0, 0.05) is 70.3 Å². The van der Waals surface area contributed by atoms with Gasteiger partial charge in [-0.05, 0) is 36.6 Å². The van der Waals surface area contributed by atoms with E-state index in [4.69, 9.17) is 4.98 Å². The Labute approximate surface area is 205 Å². The summed E-state index contributed by atoms with van der Waals surface area (Å²) in [7, 11) is 5.75. The molecule has 2 aromatic rings. The third-order valence-electron chi connectivity index (χ3n) is 5.55. The Bertz CT molecular complexity index is 1040. The molecular formula is C29H38N4O. The van der Waals surface area contributed by atoms with Crippen molar-refractivity contribution < 1.29 is 5.11 Å². The Kier molecular flexibility index (Phi) is 10.6. The lowest BCUT2D eigenvalue weighted by molar-refractivity contribution is 0.238. The molecule has 0 bridgehead atoms. The van der Waals surface area contributed by atoms with Crippen LogP contribution in [0.3, 0.4) is 0 Å². The summed E-state index contributed by atoms with van der Waals surface area (Å²) >= 11 is 0. The summed E-state index contributed by atoms with van der Waals surface area (Å²) in [5, 5.41) is 9.63. The third kappa shape index (κ3) is 6.59. The van der Waals surface area contributed by atoms with Crippen molar-refractivity contribution in [2.24, 2.45) is 10.9 Å². The third-order valence-corrected chi connectivity index (χ3v) is 5.55. The molecule has 3 rings (SSSR count). The molecule has 1 N–H and O–H groups in total. The molecule has 0 amide bonds. The summed E-state index contributed by atoms with van der Waals surface area (Å²) in [6.07, 6.45) is 8.70. The SMILES string of the molecule is C=C/C(=C\N(C)C)c1cccc(-c2c#cc(/C(C=NC)=C/C)c(N3CCC(CO)C3)n2)c1.CC. The maximum absolute atomic E-state index is 9.63. The number of nitrogens with zero attached hydrogens (tertiary/aromatic N) is 4. The number of allylic oxidation sites excluding steroid dienone is 4. The molecule has 180 valence electrons. The average Bonchev–Trinajstić information content (AvgIpc) is 3.36. The van der Waals surface area contributed by atoms with Crippen molar-refractivity contribution in [2.45, 2.75) is 27.2 Å². The lowest BCUT2D eigenvalue weighted by Crippen LogP contribution is -2.23. The van der Waals surface area contributed by atoms with Gasteiger partial charge in [-0.25, -0.2) is 4.98 Å². The molecule has 5 nitrogen and oxygen atoms in total. The topological polar surface area (TPSA) is 52.0 Å². The van der Waals surface area contributed by atoms with E-state index in [0.717, 1.165) is 58.9 Å².